The molecule has 1 aliphatic carbocycles. The van der Waals surface area contributed by atoms with Crippen molar-refractivity contribution in [2.75, 3.05) is 0 Å². The van der Waals surface area contributed by atoms with Crippen molar-refractivity contribution in [2.45, 2.75) is 77.6 Å². The lowest BCUT2D eigenvalue weighted by Gasteiger charge is -2.29. The second-order valence-corrected chi connectivity index (χ2v) is 9.02. The third-order valence-electron chi connectivity index (χ3n) is 6.72. The van der Waals surface area contributed by atoms with E-state index in [-0.39, 0.29) is 17.5 Å². The SMILES string of the molecule is CCCCC1CCC(c2ccc(C(=O)O)c(-c3ccc(/C(F)=C(\F)CCC)cc3)c2)CC1. The summed E-state index contributed by atoms with van der Waals surface area (Å²) in [5.74, 6) is -1.32. The summed E-state index contributed by atoms with van der Waals surface area (Å²) >= 11 is 0. The molecule has 172 valence electrons. The number of aromatic carboxylic acids is 1. The molecule has 1 saturated carbocycles. The standard InChI is InChI=1S/C28H34F2O2/c1-3-5-7-19-8-10-20(11-9-19)23-16-17-24(28(31)32)25(18-23)21-12-14-22(15-13-21)27(30)26(29)6-4-2/h12-20H,3-11H2,1-2H3,(H,31,32)/b27-26+. The van der Waals surface area contributed by atoms with Crippen molar-refractivity contribution < 1.29 is 18.7 Å². The number of unbranched alkanes of at least 4 members (excludes halogenated alkanes) is 1. The predicted molar refractivity (Wildman–Crippen MR) is 127 cm³/mol. The fourth-order valence-electron chi connectivity index (χ4n) is 4.80. The highest BCUT2D eigenvalue weighted by Crippen LogP contribution is 2.39. The van der Waals surface area contributed by atoms with Gasteiger partial charge in [-0.3, -0.25) is 0 Å². The summed E-state index contributed by atoms with van der Waals surface area (Å²) < 4.78 is 28.1. The van der Waals surface area contributed by atoms with Gasteiger partial charge in [-0.2, -0.15) is 0 Å². The number of allylic oxidation sites excluding steroid dienone is 1. The summed E-state index contributed by atoms with van der Waals surface area (Å²) in [4.78, 5) is 11.8. The lowest BCUT2D eigenvalue weighted by Crippen LogP contribution is -2.14. The smallest absolute Gasteiger partial charge is 0.336 e. The summed E-state index contributed by atoms with van der Waals surface area (Å²) in [6.45, 7) is 4.03. The molecule has 1 fully saturated rings. The van der Waals surface area contributed by atoms with Crippen molar-refractivity contribution in [2.24, 2.45) is 5.92 Å². The van der Waals surface area contributed by atoms with Gasteiger partial charge in [0.25, 0.3) is 0 Å². The lowest BCUT2D eigenvalue weighted by molar-refractivity contribution is 0.0697. The number of benzene rings is 2. The van der Waals surface area contributed by atoms with Crippen LogP contribution in [0.15, 0.2) is 48.3 Å². The van der Waals surface area contributed by atoms with Crippen LogP contribution in [-0.4, -0.2) is 11.1 Å². The van der Waals surface area contributed by atoms with Crippen LogP contribution in [0.1, 0.15) is 99.0 Å². The molecule has 2 aromatic rings. The van der Waals surface area contributed by atoms with Gasteiger partial charge in [0.05, 0.1) is 5.56 Å². The van der Waals surface area contributed by atoms with Gasteiger partial charge in [0.2, 0.25) is 0 Å². The molecule has 2 nitrogen and oxygen atoms in total. The average Bonchev–Trinajstić information content (AvgIpc) is 2.82. The molecule has 0 heterocycles. The van der Waals surface area contributed by atoms with E-state index in [4.69, 9.17) is 0 Å². The zero-order chi connectivity index (χ0) is 23.1. The normalized spacial score (nSPS) is 19.5. The van der Waals surface area contributed by atoms with Crippen molar-refractivity contribution in [1.29, 1.82) is 0 Å². The first-order valence-corrected chi connectivity index (χ1v) is 12.0. The van der Waals surface area contributed by atoms with Crippen LogP contribution in [0.3, 0.4) is 0 Å². The van der Waals surface area contributed by atoms with Crippen LogP contribution in [0.25, 0.3) is 17.0 Å². The van der Waals surface area contributed by atoms with Crippen molar-refractivity contribution in [3.63, 3.8) is 0 Å². The second kappa shape index (κ2) is 11.4. The van der Waals surface area contributed by atoms with Gasteiger partial charge in [-0.15, -0.1) is 0 Å². The highest BCUT2D eigenvalue weighted by molar-refractivity contribution is 5.96. The number of hydrogen-bond acceptors (Lipinski definition) is 1. The monoisotopic (exact) mass is 440 g/mol. The van der Waals surface area contributed by atoms with E-state index < -0.39 is 17.6 Å². The van der Waals surface area contributed by atoms with Gasteiger partial charge >= 0.3 is 5.97 Å². The van der Waals surface area contributed by atoms with Crippen LogP contribution in [0.5, 0.6) is 0 Å². The Kier molecular flexibility index (Phi) is 8.60. The summed E-state index contributed by atoms with van der Waals surface area (Å²) in [7, 11) is 0. The molecule has 0 amide bonds. The fourth-order valence-corrected chi connectivity index (χ4v) is 4.80. The lowest BCUT2D eigenvalue weighted by atomic mass is 9.76. The minimum absolute atomic E-state index is 0.0689. The van der Waals surface area contributed by atoms with Gasteiger partial charge in [-0.25, -0.2) is 13.6 Å². The van der Waals surface area contributed by atoms with Gasteiger partial charge in [0.15, 0.2) is 5.83 Å². The molecule has 0 radical (unpaired) electrons. The Morgan fingerprint density at radius 3 is 2.25 bits per heavy atom. The molecule has 0 saturated heterocycles. The molecule has 0 aliphatic heterocycles. The van der Waals surface area contributed by atoms with Crippen LogP contribution in [0.2, 0.25) is 0 Å². The molecule has 0 unspecified atom stereocenters. The molecule has 0 aromatic heterocycles. The Balaban J connectivity index is 1.84. The van der Waals surface area contributed by atoms with Crippen LogP contribution in [0.4, 0.5) is 8.78 Å². The van der Waals surface area contributed by atoms with E-state index in [0.29, 0.717) is 23.5 Å². The molecule has 3 rings (SSSR count). The predicted octanol–water partition coefficient (Wildman–Crippen LogP) is 8.92. The van der Waals surface area contributed by atoms with Crippen LogP contribution in [0, 0.1) is 5.92 Å². The van der Waals surface area contributed by atoms with Gasteiger partial charge in [0, 0.05) is 12.0 Å². The zero-order valence-electron chi connectivity index (χ0n) is 19.2. The van der Waals surface area contributed by atoms with E-state index in [1.54, 1.807) is 25.1 Å². The molecule has 0 atom stereocenters. The quantitative estimate of drug-likeness (QED) is 0.422. The van der Waals surface area contributed by atoms with Gasteiger partial charge in [-0.1, -0.05) is 69.5 Å². The highest BCUT2D eigenvalue weighted by Gasteiger charge is 2.23. The fraction of sp³-hybridized carbons (Fsp3) is 0.464. The molecule has 0 bridgehead atoms. The topological polar surface area (TPSA) is 37.3 Å². The summed E-state index contributed by atoms with van der Waals surface area (Å²) in [5, 5.41) is 9.70. The van der Waals surface area contributed by atoms with Gasteiger partial charge in [0.1, 0.15) is 5.83 Å². The second-order valence-electron chi connectivity index (χ2n) is 9.02. The first kappa shape index (κ1) is 24.2. The molecule has 4 heteroatoms. The van der Waals surface area contributed by atoms with E-state index in [2.05, 4.69) is 6.92 Å². The molecule has 0 spiro atoms. The third-order valence-corrected chi connectivity index (χ3v) is 6.72. The number of halogens is 2. The number of hydrogen-bond donors (Lipinski definition) is 1. The number of carbonyl (C=O) groups is 1. The first-order chi connectivity index (χ1) is 15.4. The molecule has 1 aliphatic rings. The maximum absolute atomic E-state index is 14.3. The van der Waals surface area contributed by atoms with Crippen LogP contribution < -0.4 is 0 Å². The molecule has 32 heavy (non-hydrogen) atoms. The van der Waals surface area contributed by atoms with E-state index in [1.165, 1.54) is 49.8 Å². The number of rotatable bonds is 9. The largest absolute Gasteiger partial charge is 0.478 e. The molecule has 2 aromatic carbocycles. The average molecular weight is 441 g/mol. The van der Waals surface area contributed by atoms with Crippen molar-refractivity contribution in [3.8, 4) is 11.1 Å². The van der Waals surface area contributed by atoms with E-state index in [1.807, 2.05) is 12.1 Å². The maximum atomic E-state index is 14.3. The number of carboxylic acids is 1. The zero-order valence-corrected chi connectivity index (χ0v) is 19.2. The van der Waals surface area contributed by atoms with Crippen molar-refractivity contribution in [3.05, 3.63) is 65.0 Å². The van der Waals surface area contributed by atoms with Crippen molar-refractivity contribution >= 4 is 11.8 Å². The summed E-state index contributed by atoms with van der Waals surface area (Å²) in [6.07, 6.45) is 9.16. The Hall–Kier alpha value is -2.49. The molecular weight excluding hydrogens is 406 g/mol. The minimum Gasteiger partial charge on any atom is -0.478 e. The maximum Gasteiger partial charge on any atom is 0.336 e. The summed E-state index contributed by atoms with van der Waals surface area (Å²) in [5.41, 5.74) is 2.91. The Morgan fingerprint density at radius 2 is 1.66 bits per heavy atom. The Morgan fingerprint density at radius 1 is 0.969 bits per heavy atom. The van der Waals surface area contributed by atoms with E-state index in [0.717, 1.165) is 18.8 Å². The Bertz CT molecular complexity index is 938. The van der Waals surface area contributed by atoms with E-state index in [9.17, 15) is 18.7 Å². The van der Waals surface area contributed by atoms with E-state index >= 15 is 0 Å². The van der Waals surface area contributed by atoms with Crippen molar-refractivity contribution in [1.82, 2.24) is 0 Å². The minimum atomic E-state index is -0.987. The summed E-state index contributed by atoms with van der Waals surface area (Å²) in [6, 6.07) is 12.0. The molecule has 1 N–H and O–H groups in total. The van der Waals surface area contributed by atoms with Crippen LogP contribution in [-0.2, 0) is 0 Å². The Labute approximate surface area is 190 Å². The van der Waals surface area contributed by atoms with Crippen LogP contribution >= 0.6 is 0 Å². The van der Waals surface area contributed by atoms with Gasteiger partial charge < -0.3 is 5.11 Å². The highest BCUT2D eigenvalue weighted by atomic mass is 19.2. The first-order valence-electron chi connectivity index (χ1n) is 12.0. The third kappa shape index (κ3) is 5.85. The molecular formula is C28H34F2O2. The number of carboxylic acid groups (broad SMARTS) is 1. The van der Waals surface area contributed by atoms with Gasteiger partial charge in [-0.05, 0) is 66.7 Å².